The van der Waals surface area contributed by atoms with Gasteiger partial charge in [-0.2, -0.15) is 0 Å². The first-order valence-electron chi connectivity index (χ1n) is 5.44. The monoisotopic (exact) mass is 236 g/mol. The number of ether oxygens (including phenoxy) is 2. The number of carbonyl (C=O) groups excluding carboxylic acids is 1. The molecule has 1 aromatic rings. The van der Waals surface area contributed by atoms with E-state index in [1.54, 1.807) is 19.0 Å². The lowest BCUT2D eigenvalue weighted by atomic mass is 10.1. The highest BCUT2D eigenvalue weighted by atomic mass is 16.7. The van der Waals surface area contributed by atoms with E-state index in [4.69, 9.17) is 9.47 Å². The van der Waals surface area contributed by atoms with Crippen LogP contribution in [-0.4, -0.2) is 31.8 Å². The molecule has 1 N–H and O–H groups in total. The lowest BCUT2D eigenvalue weighted by Gasteiger charge is -2.18. The molecule has 2 amide bonds. The molecule has 1 aliphatic heterocycles. The van der Waals surface area contributed by atoms with Gasteiger partial charge < -0.3 is 19.7 Å². The molecule has 0 aromatic heterocycles. The standard InChI is InChI=1S/C12H16N2O3/c1-8-4-10-11(17-7-16-10)5-9(8)6-14(3)12(15)13-2/h4-5H,6-7H2,1-3H3,(H,13,15). The second-order valence-corrected chi connectivity index (χ2v) is 4.04. The normalized spacial score (nSPS) is 12.4. The molecular weight excluding hydrogens is 220 g/mol. The lowest BCUT2D eigenvalue weighted by Crippen LogP contribution is -2.34. The van der Waals surface area contributed by atoms with E-state index in [1.165, 1.54) is 0 Å². The number of nitrogens with one attached hydrogen (secondary N) is 1. The van der Waals surface area contributed by atoms with Crippen molar-refractivity contribution in [3.8, 4) is 11.5 Å². The van der Waals surface area contributed by atoms with Crippen LogP contribution in [0.4, 0.5) is 4.79 Å². The van der Waals surface area contributed by atoms with Crippen molar-refractivity contribution in [1.82, 2.24) is 10.2 Å². The lowest BCUT2D eigenvalue weighted by molar-refractivity contribution is 0.174. The molecule has 1 aliphatic rings. The summed E-state index contributed by atoms with van der Waals surface area (Å²) in [5.41, 5.74) is 2.14. The quantitative estimate of drug-likeness (QED) is 0.846. The van der Waals surface area contributed by atoms with Crippen molar-refractivity contribution >= 4 is 6.03 Å². The maximum Gasteiger partial charge on any atom is 0.317 e. The Hall–Kier alpha value is -1.91. The maximum absolute atomic E-state index is 11.4. The number of rotatable bonds is 2. The van der Waals surface area contributed by atoms with E-state index < -0.39 is 0 Å². The molecule has 17 heavy (non-hydrogen) atoms. The van der Waals surface area contributed by atoms with Gasteiger partial charge in [0.05, 0.1) is 0 Å². The average molecular weight is 236 g/mol. The number of nitrogens with zero attached hydrogens (tertiary/aromatic N) is 1. The fourth-order valence-corrected chi connectivity index (χ4v) is 1.77. The Morgan fingerprint density at radius 3 is 2.71 bits per heavy atom. The van der Waals surface area contributed by atoms with Crippen molar-refractivity contribution < 1.29 is 14.3 Å². The summed E-state index contributed by atoms with van der Waals surface area (Å²) >= 11 is 0. The van der Waals surface area contributed by atoms with Crippen LogP contribution < -0.4 is 14.8 Å². The first-order chi connectivity index (χ1) is 8.11. The minimum atomic E-state index is -0.109. The zero-order chi connectivity index (χ0) is 12.4. The average Bonchev–Trinajstić information content (AvgIpc) is 2.75. The number of hydrogen-bond donors (Lipinski definition) is 1. The topological polar surface area (TPSA) is 50.8 Å². The fourth-order valence-electron chi connectivity index (χ4n) is 1.77. The predicted molar refractivity (Wildman–Crippen MR) is 63.2 cm³/mol. The summed E-state index contributed by atoms with van der Waals surface area (Å²) in [4.78, 5) is 13.0. The molecule has 92 valence electrons. The second-order valence-electron chi connectivity index (χ2n) is 4.04. The third-order valence-electron chi connectivity index (χ3n) is 2.80. The van der Waals surface area contributed by atoms with Gasteiger partial charge >= 0.3 is 6.03 Å². The van der Waals surface area contributed by atoms with Crippen LogP contribution in [0.3, 0.4) is 0 Å². The second kappa shape index (κ2) is 4.53. The maximum atomic E-state index is 11.4. The molecule has 1 aromatic carbocycles. The van der Waals surface area contributed by atoms with Crippen LogP contribution in [0.2, 0.25) is 0 Å². The molecule has 1 heterocycles. The Kier molecular flexibility index (Phi) is 3.08. The van der Waals surface area contributed by atoms with Crippen LogP contribution in [0.1, 0.15) is 11.1 Å². The molecular formula is C12H16N2O3. The molecule has 0 aliphatic carbocycles. The van der Waals surface area contributed by atoms with Crippen LogP contribution in [-0.2, 0) is 6.54 Å². The van der Waals surface area contributed by atoms with Gasteiger partial charge in [-0.3, -0.25) is 0 Å². The van der Waals surface area contributed by atoms with Crippen LogP contribution in [0.15, 0.2) is 12.1 Å². The number of carbonyl (C=O) groups is 1. The van der Waals surface area contributed by atoms with Gasteiger partial charge in [0.25, 0.3) is 0 Å². The van der Waals surface area contributed by atoms with E-state index in [9.17, 15) is 4.79 Å². The summed E-state index contributed by atoms with van der Waals surface area (Å²) in [6.07, 6.45) is 0. The van der Waals surface area contributed by atoms with Gasteiger partial charge in [0.1, 0.15) is 0 Å². The Morgan fingerprint density at radius 1 is 1.41 bits per heavy atom. The highest BCUT2D eigenvalue weighted by molar-refractivity contribution is 5.73. The minimum Gasteiger partial charge on any atom is -0.454 e. The minimum absolute atomic E-state index is 0.109. The molecule has 0 fully saturated rings. The van der Waals surface area contributed by atoms with E-state index in [1.807, 2.05) is 19.1 Å². The van der Waals surface area contributed by atoms with E-state index in [-0.39, 0.29) is 12.8 Å². The number of benzene rings is 1. The summed E-state index contributed by atoms with van der Waals surface area (Å²) in [6.45, 7) is 2.81. The molecule has 0 unspecified atom stereocenters. The highest BCUT2D eigenvalue weighted by Crippen LogP contribution is 2.34. The van der Waals surface area contributed by atoms with Gasteiger partial charge in [-0.25, -0.2) is 4.79 Å². The predicted octanol–water partition coefficient (Wildman–Crippen LogP) is 1.49. The van der Waals surface area contributed by atoms with E-state index in [0.29, 0.717) is 6.54 Å². The first kappa shape index (κ1) is 11.6. The molecule has 0 radical (unpaired) electrons. The summed E-state index contributed by atoms with van der Waals surface area (Å²) < 4.78 is 10.6. The summed E-state index contributed by atoms with van der Waals surface area (Å²) in [6, 6.07) is 3.76. The highest BCUT2D eigenvalue weighted by Gasteiger charge is 2.17. The Labute approximate surface area is 100 Å². The summed E-state index contributed by atoms with van der Waals surface area (Å²) in [5, 5.41) is 2.59. The van der Waals surface area contributed by atoms with Crippen molar-refractivity contribution in [2.24, 2.45) is 0 Å². The zero-order valence-electron chi connectivity index (χ0n) is 10.2. The number of hydrogen-bond acceptors (Lipinski definition) is 3. The van der Waals surface area contributed by atoms with Crippen molar-refractivity contribution in [2.45, 2.75) is 13.5 Å². The van der Waals surface area contributed by atoms with Gasteiger partial charge in [-0.15, -0.1) is 0 Å². The van der Waals surface area contributed by atoms with Crippen molar-refractivity contribution in [3.63, 3.8) is 0 Å². The smallest absolute Gasteiger partial charge is 0.317 e. The Bertz CT molecular complexity index is 446. The molecule has 5 nitrogen and oxygen atoms in total. The third-order valence-corrected chi connectivity index (χ3v) is 2.80. The Balaban J connectivity index is 2.19. The molecule has 5 heteroatoms. The summed E-state index contributed by atoms with van der Waals surface area (Å²) in [5.74, 6) is 1.52. The van der Waals surface area contributed by atoms with Crippen LogP contribution in [0, 0.1) is 6.92 Å². The Morgan fingerprint density at radius 2 is 2.06 bits per heavy atom. The SMILES string of the molecule is CNC(=O)N(C)Cc1cc2c(cc1C)OCO2. The molecule has 0 spiro atoms. The first-order valence-corrected chi connectivity index (χ1v) is 5.44. The van der Waals surface area contributed by atoms with Gasteiger partial charge in [0.15, 0.2) is 11.5 Å². The molecule has 0 saturated heterocycles. The molecule has 0 saturated carbocycles. The molecule has 0 atom stereocenters. The van der Waals surface area contributed by atoms with E-state index in [0.717, 1.165) is 22.6 Å². The van der Waals surface area contributed by atoms with E-state index >= 15 is 0 Å². The van der Waals surface area contributed by atoms with E-state index in [2.05, 4.69) is 5.32 Å². The van der Waals surface area contributed by atoms with Crippen molar-refractivity contribution in [2.75, 3.05) is 20.9 Å². The van der Waals surface area contributed by atoms with Crippen molar-refractivity contribution in [1.29, 1.82) is 0 Å². The summed E-state index contributed by atoms with van der Waals surface area (Å²) in [7, 11) is 3.37. The number of fused-ring (bicyclic) bond motifs is 1. The van der Waals surface area contributed by atoms with Crippen LogP contribution >= 0.6 is 0 Å². The number of amides is 2. The van der Waals surface area contributed by atoms with Gasteiger partial charge in [0.2, 0.25) is 6.79 Å². The van der Waals surface area contributed by atoms with Crippen LogP contribution in [0.5, 0.6) is 11.5 Å². The molecule has 0 bridgehead atoms. The van der Waals surface area contributed by atoms with Crippen LogP contribution in [0.25, 0.3) is 0 Å². The fraction of sp³-hybridized carbons (Fsp3) is 0.417. The third kappa shape index (κ3) is 2.27. The largest absolute Gasteiger partial charge is 0.454 e. The van der Waals surface area contributed by atoms with Gasteiger partial charge in [-0.05, 0) is 30.2 Å². The van der Waals surface area contributed by atoms with Gasteiger partial charge in [0, 0.05) is 20.6 Å². The number of urea groups is 1. The molecule has 2 rings (SSSR count). The van der Waals surface area contributed by atoms with Crippen molar-refractivity contribution in [3.05, 3.63) is 23.3 Å². The van der Waals surface area contributed by atoms with Gasteiger partial charge in [-0.1, -0.05) is 0 Å². The number of aryl methyl sites for hydroxylation is 1. The zero-order valence-corrected chi connectivity index (χ0v) is 10.2.